The Morgan fingerprint density at radius 1 is 0.237 bits per heavy atom. The Bertz CT molecular complexity index is 4910. The maximum absolute atomic E-state index is 6.71. The van der Waals surface area contributed by atoms with Crippen LogP contribution in [0.3, 0.4) is 0 Å². The lowest BCUT2D eigenvalue weighted by Crippen LogP contribution is -1.98. The van der Waals surface area contributed by atoms with Crippen LogP contribution in [-0.2, 0) is 0 Å². The molecule has 3 heterocycles. The fraction of sp³-hybridized carbons (Fsp3) is 0. The van der Waals surface area contributed by atoms with Crippen LogP contribution in [0, 0.1) is 0 Å². The molecule has 0 aliphatic heterocycles. The van der Waals surface area contributed by atoms with Gasteiger partial charge in [0.25, 0.3) is 0 Å². The predicted molar refractivity (Wildman–Crippen MR) is 312 cm³/mol. The second-order valence-corrected chi connectivity index (χ2v) is 19.7. The number of oxazole rings is 2. The lowest BCUT2D eigenvalue weighted by Gasteiger charge is -2.16. The molecular weight excluding hydrogens is 929 g/mol. The molecule has 0 saturated heterocycles. The standard InChI is InChI=1S/C70H40N4O2/c1-3-15-47-37-49(35-25-41(47)13-1)51-39-60(50-36-26-42-14-2-4-16-48(42)38-50)63-61(40-51)62(43-27-31-45(32-28-43)69-73-64-56-21-9-5-17-52(56)54-19-7-11-23-58(54)66(64)75-69)71-68(72-63)44-29-33-46(34-30-44)70-74-65-57-22-10-6-18-53(57)55-20-8-12-24-59(55)67(65)76-70/h1-40H. The van der Waals surface area contributed by atoms with E-state index in [0.29, 0.717) is 17.6 Å². The second kappa shape index (κ2) is 16.6. The highest BCUT2D eigenvalue weighted by atomic mass is 16.4. The van der Waals surface area contributed by atoms with Crippen molar-refractivity contribution in [1.29, 1.82) is 0 Å². The van der Waals surface area contributed by atoms with Crippen LogP contribution in [0.5, 0.6) is 0 Å². The molecule has 0 spiro atoms. The van der Waals surface area contributed by atoms with E-state index < -0.39 is 0 Å². The zero-order chi connectivity index (χ0) is 49.8. The summed E-state index contributed by atoms with van der Waals surface area (Å²) in [6, 6.07) is 85.3. The van der Waals surface area contributed by atoms with Crippen molar-refractivity contribution in [2.24, 2.45) is 0 Å². The van der Waals surface area contributed by atoms with Gasteiger partial charge in [-0.25, -0.2) is 19.9 Å². The van der Waals surface area contributed by atoms with Crippen LogP contribution < -0.4 is 0 Å². The van der Waals surface area contributed by atoms with Gasteiger partial charge < -0.3 is 8.83 Å². The van der Waals surface area contributed by atoms with Crippen molar-refractivity contribution in [3.8, 4) is 67.8 Å². The summed E-state index contributed by atoms with van der Waals surface area (Å²) in [4.78, 5) is 21.4. The molecule has 0 unspecified atom stereocenters. The highest BCUT2D eigenvalue weighted by Gasteiger charge is 2.22. The topological polar surface area (TPSA) is 77.8 Å². The smallest absolute Gasteiger partial charge is 0.227 e. The van der Waals surface area contributed by atoms with E-state index in [2.05, 4.69) is 243 Å². The lowest BCUT2D eigenvalue weighted by atomic mass is 9.92. The van der Waals surface area contributed by atoms with E-state index in [0.717, 1.165) is 132 Å². The minimum absolute atomic E-state index is 0.559. The minimum Gasteiger partial charge on any atom is -0.435 e. The van der Waals surface area contributed by atoms with Crippen LogP contribution in [0.4, 0.5) is 0 Å². The quantitative estimate of drug-likeness (QED) is 0.155. The summed E-state index contributed by atoms with van der Waals surface area (Å²) in [6.07, 6.45) is 0. The molecule has 3 aromatic heterocycles. The van der Waals surface area contributed by atoms with E-state index in [1.54, 1.807) is 0 Å². The predicted octanol–water partition coefficient (Wildman–Crippen LogP) is 18.8. The van der Waals surface area contributed by atoms with Gasteiger partial charge in [0.05, 0.1) is 11.2 Å². The zero-order valence-electron chi connectivity index (χ0n) is 40.7. The van der Waals surface area contributed by atoms with Crippen molar-refractivity contribution in [3.05, 3.63) is 243 Å². The first-order chi connectivity index (χ1) is 37.6. The molecule has 0 N–H and O–H groups in total. The van der Waals surface area contributed by atoms with Crippen molar-refractivity contribution in [2.45, 2.75) is 0 Å². The highest BCUT2D eigenvalue weighted by molar-refractivity contribution is 6.24. The molecule has 0 atom stereocenters. The molecule has 76 heavy (non-hydrogen) atoms. The summed E-state index contributed by atoms with van der Waals surface area (Å²) < 4.78 is 13.4. The number of hydrogen-bond acceptors (Lipinski definition) is 6. The van der Waals surface area contributed by atoms with Gasteiger partial charge >= 0.3 is 0 Å². The molecule has 16 rings (SSSR count). The zero-order valence-corrected chi connectivity index (χ0v) is 40.7. The Hall–Kier alpha value is -10.3. The average Bonchev–Trinajstić information content (AvgIpc) is 4.17. The lowest BCUT2D eigenvalue weighted by molar-refractivity contribution is 0.622. The Balaban J connectivity index is 0.888. The minimum atomic E-state index is 0.559. The molecule has 0 fully saturated rings. The summed E-state index contributed by atoms with van der Waals surface area (Å²) in [7, 11) is 0. The van der Waals surface area contributed by atoms with Crippen LogP contribution in [0.15, 0.2) is 251 Å². The maximum atomic E-state index is 6.71. The molecule has 16 aromatic rings. The van der Waals surface area contributed by atoms with Gasteiger partial charge in [-0.2, -0.15) is 0 Å². The van der Waals surface area contributed by atoms with Gasteiger partial charge in [-0.05, 0) is 108 Å². The van der Waals surface area contributed by atoms with Crippen molar-refractivity contribution in [3.63, 3.8) is 0 Å². The SMILES string of the molecule is c1ccc2cc(-c3cc(-c4ccc5ccccc5c4)c4nc(-c5ccc(-c6nc7c8ccccc8c8ccccc8c7o6)cc5)nc(-c5ccc(-c6nc7c8ccccc8c8ccccc8c7o6)cc5)c4c3)ccc2c1. The summed E-state index contributed by atoms with van der Waals surface area (Å²) in [5.41, 5.74) is 12.7. The Labute approximate surface area is 434 Å². The van der Waals surface area contributed by atoms with Crippen LogP contribution in [0.1, 0.15) is 0 Å². The fourth-order valence-electron chi connectivity index (χ4n) is 11.5. The maximum Gasteiger partial charge on any atom is 0.227 e. The van der Waals surface area contributed by atoms with Crippen molar-refractivity contribution < 1.29 is 8.83 Å². The third-order valence-corrected chi connectivity index (χ3v) is 15.3. The van der Waals surface area contributed by atoms with Crippen LogP contribution in [-0.4, -0.2) is 19.9 Å². The molecule has 13 aromatic carbocycles. The van der Waals surface area contributed by atoms with Gasteiger partial charge in [0.2, 0.25) is 11.8 Å². The number of aromatic nitrogens is 4. The third kappa shape index (κ3) is 6.67. The largest absolute Gasteiger partial charge is 0.435 e. The Morgan fingerprint density at radius 3 is 1.18 bits per heavy atom. The summed E-state index contributed by atoms with van der Waals surface area (Å²) >= 11 is 0. The highest BCUT2D eigenvalue weighted by Crippen LogP contribution is 2.43. The van der Waals surface area contributed by atoms with Crippen LogP contribution >= 0.6 is 0 Å². The molecule has 6 nitrogen and oxygen atoms in total. The first kappa shape index (κ1) is 42.2. The van der Waals surface area contributed by atoms with Gasteiger partial charge in [-0.1, -0.05) is 194 Å². The van der Waals surface area contributed by atoms with Gasteiger partial charge in [0.1, 0.15) is 11.0 Å². The molecule has 352 valence electrons. The van der Waals surface area contributed by atoms with Crippen molar-refractivity contribution in [1.82, 2.24) is 19.9 Å². The first-order valence-corrected chi connectivity index (χ1v) is 25.6. The molecule has 0 bridgehead atoms. The fourth-order valence-corrected chi connectivity index (χ4v) is 11.5. The molecular formula is C70H40N4O2. The normalized spacial score (nSPS) is 11.9. The van der Waals surface area contributed by atoms with Gasteiger partial charge in [-0.15, -0.1) is 0 Å². The number of benzene rings is 13. The van der Waals surface area contributed by atoms with Crippen LogP contribution in [0.25, 0.3) is 166 Å². The van der Waals surface area contributed by atoms with Crippen molar-refractivity contribution >= 4 is 97.7 Å². The third-order valence-electron chi connectivity index (χ3n) is 15.3. The van der Waals surface area contributed by atoms with E-state index in [1.165, 1.54) is 16.2 Å². The van der Waals surface area contributed by atoms with Gasteiger partial charge in [0.15, 0.2) is 17.0 Å². The summed E-state index contributed by atoms with van der Waals surface area (Å²) in [5.74, 6) is 1.73. The van der Waals surface area contributed by atoms with E-state index in [4.69, 9.17) is 28.8 Å². The van der Waals surface area contributed by atoms with Crippen molar-refractivity contribution in [2.75, 3.05) is 0 Å². The van der Waals surface area contributed by atoms with E-state index in [9.17, 15) is 0 Å². The number of fused-ring (bicyclic) bond motifs is 15. The average molecular weight is 969 g/mol. The monoisotopic (exact) mass is 968 g/mol. The van der Waals surface area contributed by atoms with E-state index in [-0.39, 0.29) is 0 Å². The molecule has 0 aliphatic carbocycles. The molecule has 0 saturated carbocycles. The van der Waals surface area contributed by atoms with E-state index in [1.807, 2.05) is 0 Å². The Morgan fingerprint density at radius 2 is 0.645 bits per heavy atom. The second-order valence-electron chi connectivity index (χ2n) is 19.7. The molecule has 0 aliphatic rings. The number of nitrogens with zero attached hydrogens (tertiary/aromatic N) is 4. The summed E-state index contributed by atoms with van der Waals surface area (Å²) in [5, 5.41) is 14.5. The van der Waals surface area contributed by atoms with E-state index >= 15 is 0 Å². The van der Waals surface area contributed by atoms with Crippen LogP contribution in [0.2, 0.25) is 0 Å². The van der Waals surface area contributed by atoms with Gasteiger partial charge in [-0.3, -0.25) is 0 Å². The Kier molecular flexibility index (Phi) is 9.23. The first-order valence-electron chi connectivity index (χ1n) is 25.6. The number of hydrogen-bond donors (Lipinski definition) is 0. The summed E-state index contributed by atoms with van der Waals surface area (Å²) in [6.45, 7) is 0. The van der Waals surface area contributed by atoms with Gasteiger partial charge in [0, 0.05) is 54.7 Å². The number of rotatable bonds is 6. The molecule has 0 amide bonds. The molecule has 0 radical (unpaired) electrons. The molecule has 6 heteroatoms.